The maximum Gasteiger partial charge on any atom is 0.293 e. The fraction of sp³-hybridized carbons (Fsp3) is 0.533. The number of nitro groups is 1. The molecule has 0 radical (unpaired) electrons. The first kappa shape index (κ1) is 16.2. The van der Waals surface area contributed by atoms with E-state index in [1.807, 2.05) is 13.8 Å². The third kappa shape index (κ3) is 3.94. The highest BCUT2D eigenvalue weighted by molar-refractivity contribution is 5.96. The number of amides is 1. The number of rotatable bonds is 7. The van der Waals surface area contributed by atoms with Gasteiger partial charge in [0.25, 0.3) is 11.6 Å². The Morgan fingerprint density at radius 2 is 2.14 bits per heavy atom. The van der Waals surface area contributed by atoms with Crippen LogP contribution in [0.3, 0.4) is 0 Å². The van der Waals surface area contributed by atoms with Crippen molar-refractivity contribution in [2.45, 2.75) is 38.8 Å². The molecule has 0 aliphatic heterocycles. The number of anilines is 1. The Morgan fingerprint density at radius 3 is 2.64 bits per heavy atom. The third-order valence-electron chi connectivity index (χ3n) is 3.71. The quantitative estimate of drug-likeness (QED) is 0.527. The molecule has 1 fully saturated rings. The minimum absolute atomic E-state index is 0.113. The number of nitrogens with zero attached hydrogens (tertiary/aromatic N) is 1. The van der Waals surface area contributed by atoms with Gasteiger partial charge in [-0.05, 0) is 30.9 Å². The maximum absolute atomic E-state index is 12.0. The second kappa shape index (κ2) is 6.74. The number of benzene rings is 1. The van der Waals surface area contributed by atoms with Crippen LogP contribution in [0.15, 0.2) is 18.2 Å². The van der Waals surface area contributed by atoms with Gasteiger partial charge >= 0.3 is 0 Å². The van der Waals surface area contributed by atoms with E-state index in [1.165, 1.54) is 12.1 Å². The van der Waals surface area contributed by atoms with Crippen LogP contribution >= 0.6 is 0 Å². The lowest BCUT2D eigenvalue weighted by molar-refractivity contribution is -0.384. The average Bonchev–Trinajstić information content (AvgIpc) is 3.28. The van der Waals surface area contributed by atoms with Crippen LogP contribution in [-0.4, -0.2) is 34.6 Å². The molecule has 1 amide bonds. The molecular weight excluding hydrogens is 286 g/mol. The Balaban J connectivity index is 2.22. The minimum Gasteiger partial charge on any atom is -0.394 e. The zero-order valence-corrected chi connectivity index (χ0v) is 12.7. The normalized spacial score (nSPS) is 15.5. The summed E-state index contributed by atoms with van der Waals surface area (Å²) in [5.74, 6) is -0.179. The third-order valence-corrected chi connectivity index (χ3v) is 3.71. The van der Waals surface area contributed by atoms with Crippen LogP contribution in [0.4, 0.5) is 11.4 Å². The molecule has 120 valence electrons. The van der Waals surface area contributed by atoms with E-state index in [0.29, 0.717) is 5.69 Å². The topological polar surface area (TPSA) is 104 Å². The molecule has 2 rings (SSSR count). The largest absolute Gasteiger partial charge is 0.394 e. The fourth-order valence-electron chi connectivity index (χ4n) is 2.07. The number of hydrogen-bond donors (Lipinski definition) is 3. The first-order chi connectivity index (χ1) is 10.4. The number of nitro benzene ring substituents is 1. The molecule has 1 aliphatic rings. The van der Waals surface area contributed by atoms with E-state index in [4.69, 9.17) is 0 Å². The van der Waals surface area contributed by atoms with E-state index in [2.05, 4.69) is 10.6 Å². The van der Waals surface area contributed by atoms with Gasteiger partial charge < -0.3 is 15.7 Å². The van der Waals surface area contributed by atoms with Crippen LogP contribution in [0.25, 0.3) is 0 Å². The molecule has 0 aromatic heterocycles. The van der Waals surface area contributed by atoms with Crippen molar-refractivity contribution in [3.63, 3.8) is 0 Å². The molecular formula is C15H21N3O4. The van der Waals surface area contributed by atoms with Crippen LogP contribution in [0.1, 0.15) is 37.0 Å². The molecule has 0 saturated heterocycles. The molecule has 0 spiro atoms. The van der Waals surface area contributed by atoms with Crippen molar-refractivity contribution in [1.29, 1.82) is 0 Å². The highest BCUT2D eigenvalue weighted by Crippen LogP contribution is 2.28. The van der Waals surface area contributed by atoms with Crippen LogP contribution in [0.5, 0.6) is 0 Å². The molecule has 0 bridgehead atoms. The van der Waals surface area contributed by atoms with Gasteiger partial charge in [-0.1, -0.05) is 13.8 Å². The van der Waals surface area contributed by atoms with E-state index in [-0.39, 0.29) is 41.8 Å². The van der Waals surface area contributed by atoms with Crippen molar-refractivity contribution >= 4 is 17.3 Å². The summed E-state index contributed by atoms with van der Waals surface area (Å²) < 4.78 is 0. The molecule has 1 aromatic carbocycles. The van der Waals surface area contributed by atoms with Crippen molar-refractivity contribution < 1.29 is 14.8 Å². The predicted octanol–water partition coefficient (Wildman–Crippen LogP) is 1.92. The molecule has 1 aromatic rings. The van der Waals surface area contributed by atoms with E-state index in [0.717, 1.165) is 12.8 Å². The highest BCUT2D eigenvalue weighted by Gasteiger charge is 2.26. The number of carbonyl (C=O) groups is 1. The Morgan fingerprint density at radius 1 is 1.45 bits per heavy atom. The fourth-order valence-corrected chi connectivity index (χ4v) is 2.07. The number of nitrogens with one attached hydrogen (secondary N) is 2. The zero-order chi connectivity index (χ0) is 16.3. The van der Waals surface area contributed by atoms with Crippen molar-refractivity contribution in [2.24, 2.45) is 5.92 Å². The summed E-state index contributed by atoms with van der Waals surface area (Å²) in [6.45, 7) is 3.70. The Labute approximate surface area is 128 Å². The highest BCUT2D eigenvalue weighted by atomic mass is 16.6. The van der Waals surface area contributed by atoms with Crippen LogP contribution in [0.2, 0.25) is 0 Å². The molecule has 3 N–H and O–H groups in total. The van der Waals surface area contributed by atoms with Crippen molar-refractivity contribution in [3.8, 4) is 0 Å². The Bertz CT molecular complexity index is 570. The van der Waals surface area contributed by atoms with Crippen molar-refractivity contribution in [2.75, 3.05) is 11.9 Å². The molecule has 7 heteroatoms. The van der Waals surface area contributed by atoms with Gasteiger partial charge in [-0.2, -0.15) is 0 Å². The Hall–Kier alpha value is -2.15. The Kier molecular flexibility index (Phi) is 4.97. The first-order valence-corrected chi connectivity index (χ1v) is 7.39. The van der Waals surface area contributed by atoms with Gasteiger partial charge in [0.2, 0.25) is 0 Å². The monoisotopic (exact) mass is 307 g/mol. The van der Waals surface area contributed by atoms with Crippen LogP contribution in [-0.2, 0) is 0 Å². The molecule has 7 nitrogen and oxygen atoms in total. The van der Waals surface area contributed by atoms with Gasteiger partial charge in [0.15, 0.2) is 0 Å². The van der Waals surface area contributed by atoms with Crippen LogP contribution < -0.4 is 10.6 Å². The van der Waals surface area contributed by atoms with Gasteiger partial charge in [0.05, 0.1) is 17.6 Å². The molecule has 0 heterocycles. The maximum atomic E-state index is 12.0. The summed E-state index contributed by atoms with van der Waals surface area (Å²) in [4.78, 5) is 22.7. The summed E-state index contributed by atoms with van der Waals surface area (Å²) in [5, 5.41) is 26.4. The molecule has 22 heavy (non-hydrogen) atoms. The van der Waals surface area contributed by atoms with E-state index < -0.39 is 4.92 Å². The van der Waals surface area contributed by atoms with Gasteiger partial charge in [-0.3, -0.25) is 14.9 Å². The number of hydrogen-bond acceptors (Lipinski definition) is 5. The first-order valence-electron chi connectivity index (χ1n) is 7.39. The number of aliphatic hydroxyl groups is 1. The summed E-state index contributed by atoms with van der Waals surface area (Å²) in [6, 6.07) is 4.26. The van der Waals surface area contributed by atoms with Gasteiger partial charge in [0, 0.05) is 17.7 Å². The minimum atomic E-state index is -0.523. The van der Waals surface area contributed by atoms with Gasteiger partial charge in [-0.25, -0.2) is 0 Å². The van der Waals surface area contributed by atoms with Crippen molar-refractivity contribution in [3.05, 3.63) is 33.9 Å². The summed E-state index contributed by atoms with van der Waals surface area (Å²) >= 11 is 0. The second-order valence-corrected chi connectivity index (χ2v) is 5.91. The SMILES string of the molecule is CC(C)[C@@H](CO)Nc1ccc(C(=O)NC2CC2)cc1[N+](=O)[O-]. The molecule has 0 unspecified atom stereocenters. The van der Waals surface area contributed by atoms with Gasteiger partial charge in [0.1, 0.15) is 5.69 Å². The summed E-state index contributed by atoms with van der Waals surface area (Å²) in [7, 11) is 0. The molecule has 1 saturated carbocycles. The second-order valence-electron chi connectivity index (χ2n) is 5.91. The molecule has 1 atom stereocenters. The average molecular weight is 307 g/mol. The van der Waals surface area contributed by atoms with E-state index >= 15 is 0 Å². The molecule has 1 aliphatic carbocycles. The lowest BCUT2D eigenvalue weighted by Crippen LogP contribution is -2.30. The number of aliphatic hydroxyl groups excluding tert-OH is 1. The van der Waals surface area contributed by atoms with Gasteiger partial charge in [-0.15, -0.1) is 0 Å². The smallest absolute Gasteiger partial charge is 0.293 e. The summed E-state index contributed by atoms with van der Waals surface area (Å²) in [5.41, 5.74) is 0.414. The lowest BCUT2D eigenvalue weighted by atomic mass is 10.0. The predicted molar refractivity (Wildman–Crippen MR) is 82.9 cm³/mol. The van der Waals surface area contributed by atoms with E-state index in [9.17, 15) is 20.0 Å². The van der Waals surface area contributed by atoms with Crippen molar-refractivity contribution in [1.82, 2.24) is 5.32 Å². The van der Waals surface area contributed by atoms with E-state index in [1.54, 1.807) is 6.07 Å². The standard InChI is InChI=1S/C15H21N3O4/c1-9(2)13(8-19)17-12-6-3-10(7-14(12)18(21)22)15(20)16-11-4-5-11/h3,6-7,9,11,13,17,19H,4-5,8H2,1-2H3,(H,16,20)/t13-/m1/s1. The number of carbonyl (C=O) groups excluding carboxylic acids is 1. The lowest BCUT2D eigenvalue weighted by Gasteiger charge is -2.21. The summed E-state index contributed by atoms with van der Waals surface area (Å²) in [6.07, 6.45) is 1.92. The zero-order valence-electron chi connectivity index (χ0n) is 12.7. The van der Waals surface area contributed by atoms with Crippen LogP contribution in [0, 0.1) is 16.0 Å².